The molecule has 0 atom stereocenters. The fraction of sp³-hybridized carbons (Fsp3) is 0.462. The highest BCUT2D eigenvalue weighted by Gasteiger charge is 2.24. The van der Waals surface area contributed by atoms with Gasteiger partial charge in [-0.3, -0.25) is 4.79 Å². The zero-order valence-electron chi connectivity index (χ0n) is 9.86. The number of carbonyl (C=O) groups is 1. The van der Waals surface area contributed by atoms with Crippen LogP contribution in [0, 0.1) is 6.92 Å². The van der Waals surface area contributed by atoms with E-state index in [0.717, 1.165) is 5.56 Å². The number of aryl methyl sites for hydroxylation is 1. The average Bonchev–Trinajstić information content (AvgIpc) is 2.39. The van der Waals surface area contributed by atoms with Gasteiger partial charge in [0.05, 0.1) is 0 Å². The molecule has 0 spiro atoms. The van der Waals surface area contributed by atoms with Crippen LogP contribution < -0.4 is 0 Å². The van der Waals surface area contributed by atoms with Crippen LogP contribution in [0.15, 0.2) is 24.3 Å². The van der Waals surface area contributed by atoms with Gasteiger partial charge in [0.15, 0.2) is 0 Å². The fourth-order valence-corrected chi connectivity index (χ4v) is 2.03. The highest BCUT2D eigenvalue weighted by molar-refractivity contribution is 5.94. The second-order valence-corrected chi connectivity index (χ2v) is 4.45. The number of halogens is 1. The Balaban J connectivity index is 1.99. The van der Waals surface area contributed by atoms with Crippen molar-refractivity contribution in [2.45, 2.75) is 25.9 Å². The van der Waals surface area contributed by atoms with Crippen molar-refractivity contribution in [1.82, 2.24) is 4.90 Å². The van der Waals surface area contributed by atoms with E-state index in [2.05, 4.69) is 4.94 Å². The minimum absolute atomic E-state index is 0.0160. The maximum absolute atomic E-state index is 12.1. The van der Waals surface area contributed by atoms with Gasteiger partial charge >= 0.3 is 0 Å². The average molecular weight is 237 g/mol. The maximum atomic E-state index is 12.1. The van der Waals surface area contributed by atoms with Crippen molar-refractivity contribution in [3.8, 4) is 0 Å². The monoisotopic (exact) mass is 237 g/mol. The molecular weight excluding hydrogens is 221 g/mol. The van der Waals surface area contributed by atoms with Gasteiger partial charge in [0.2, 0.25) is 0 Å². The number of piperidine rings is 1. The van der Waals surface area contributed by atoms with Crippen LogP contribution in [0.5, 0.6) is 0 Å². The number of hydrogen-bond acceptors (Lipinski definition) is 2. The Morgan fingerprint density at radius 3 is 2.41 bits per heavy atom. The quantitative estimate of drug-likeness (QED) is 0.791. The minimum atomic E-state index is -0.350. The van der Waals surface area contributed by atoms with E-state index in [1.165, 1.54) is 0 Å². The molecule has 1 aliphatic rings. The van der Waals surface area contributed by atoms with Crippen molar-refractivity contribution < 1.29 is 14.3 Å². The first kappa shape index (κ1) is 12.0. The molecule has 2 rings (SSSR count). The van der Waals surface area contributed by atoms with Crippen molar-refractivity contribution in [3.63, 3.8) is 0 Å². The molecule has 1 aromatic rings. The van der Waals surface area contributed by atoms with E-state index >= 15 is 0 Å². The molecule has 0 unspecified atom stereocenters. The first-order valence-electron chi connectivity index (χ1n) is 5.84. The molecular formula is C13H16FNO2. The minimum Gasteiger partial charge on any atom is -0.338 e. The highest BCUT2D eigenvalue weighted by atomic mass is 19.3. The van der Waals surface area contributed by atoms with Crippen LogP contribution in [-0.4, -0.2) is 30.0 Å². The zero-order valence-corrected chi connectivity index (χ0v) is 9.86. The standard InChI is InChI=1S/C13H16FNO2/c1-10-2-4-11(5-3-10)13(16)15-8-6-12(17-14)7-9-15/h2-5,12H,6-9H2,1H3. The van der Waals surface area contributed by atoms with Gasteiger partial charge in [-0.05, 0) is 36.4 Å². The van der Waals surface area contributed by atoms with Crippen LogP contribution in [0.1, 0.15) is 28.8 Å². The van der Waals surface area contributed by atoms with E-state index in [4.69, 9.17) is 0 Å². The number of nitrogens with zero attached hydrogens (tertiary/aromatic N) is 1. The number of rotatable bonds is 2. The molecule has 0 radical (unpaired) electrons. The Kier molecular flexibility index (Phi) is 3.74. The molecule has 1 heterocycles. The number of hydrogen-bond donors (Lipinski definition) is 0. The molecule has 1 saturated heterocycles. The van der Waals surface area contributed by atoms with Gasteiger partial charge < -0.3 is 4.90 Å². The van der Waals surface area contributed by atoms with E-state index in [1.54, 1.807) is 4.90 Å². The molecule has 0 saturated carbocycles. The van der Waals surface area contributed by atoms with Gasteiger partial charge in [-0.1, -0.05) is 17.7 Å². The molecule has 1 fully saturated rings. The molecule has 0 aliphatic carbocycles. The lowest BCUT2D eigenvalue weighted by molar-refractivity contribution is -0.189. The van der Waals surface area contributed by atoms with Crippen LogP contribution in [0.2, 0.25) is 0 Å². The molecule has 1 aliphatic heterocycles. The van der Waals surface area contributed by atoms with E-state index in [1.807, 2.05) is 31.2 Å². The molecule has 92 valence electrons. The lowest BCUT2D eigenvalue weighted by Gasteiger charge is -2.29. The third-order valence-electron chi connectivity index (χ3n) is 3.15. The van der Waals surface area contributed by atoms with Gasteiger partial charge in [0, 0.05) is 18.7 Å². The summed E-state index contributed by atoms with van der Waals surface area (Å²) in [5, 5.41) is 0. The first-order valence-corrected chi connectivity index (χ1v) is 5.84. The highest BCUT2D eigenvalue weighted by Crippen LogP contribution is 2.16. The fourth-order valence-electron chi connectivity index (χ4n) is 2.03. The van der Waals surface area contributed by atoms with E-state index < -0.39 is 0 Å². The van der Waals surface area contributed by atoms with Crippen LogP contribution in [0.25, 0.3) is 0 Å². The van der Waals surface area contributed by atoms with Gasteiger partial charge in [-0.2, -0.15) is 4.94 Å². The molecule has 1 amide bonds. The van der Waals surface area contributed by atoms with Crippen LogP contribution in [-0.2, 0) is 4.94 Å². The summed E-state index contributed by atoms with van der Waals surface area (Å²) in [6, 6.07) is 7.50. The smallest absolute Gasteiger partial charge is 0.253 e. The van der Waals surface area contributed by atoms with Crippen LogP contribution in [0.4, 0.5) is 4.53 Å². The normalized spacial score (nSPS) is 17.2. The molecule has 4 heteroatoms. The Hall–Kier alpha value is -1.42. The maximum Gasteiger partial charge on any atom is 0.253 e. The third-order valence-corrected chi connectivity index (χ3v) is 3.15. The zero-order chi connectivity index (χ0) is 12.3. The molecule has 0 aromatic heterocycles. The van der Waals surface area contributed by atoms with Gasteiger partial charge in [-0.25, -0.2) is 0 Å². The van der Waals surface area contributed by atoms with E-state index in [9.17, 15) is 9.32 Å². The summed E-state index contributed by atoms with van der Waals surface area (Å²) in [7, 11) is 0. The Labute approximate surface area is 100 Å². The van der Waals surface area contributed by atoms with Crippen molar-refractivity contribution in [2.24, 2.45) is 0 Å². The Bertz CT molecular complexity index is 383. The van der Waals surface area contributed by atoms with E-state index in [0.29, 0.717) is 31.5 Å². The third kappa shape index (κ3) is 2.82. The second-order valence-electron chi connectivity index (χ2n) is 4.45. The summed E-state index contributed by atoms with van der Waals surface area (Å²) in [5.41, 5.74) is 1.82. The van der Waals surface area contributed by atoms with Crippen molar-refractivity contribution in [3.05, 3.63) is 35.4 Å². The Morgan fingerprint density at radius 2 is 1.88 bits per heavy atom. The van der Waals surface area contributed by atoms with Crippen molar-refractivity contribution >= 4 is 5.91 Å². The van der Waals surface area contributed by atoms with Gasteiger partial charge in [0.25, 0.3) is 5.91 Å². The SMILES string of the molecule is Cc1ccc(C(=O)N2CCC(OF)CC2)cc1. The van der Waals surface area contributed by atoms with Gasteiger partial charge in [0.1, 0.15) is 6.10 Å². The summed E-state index contributed by atoms with van der Waals surface area (Å²) < 4.78 is 12.0. The first-order chi connectivity index (χ1) is 8.20. The number of carbonyl (C=O) groups excluding carboxylic acids is 1. The second kappa shape index (κ2) is 5.27. The Morgan fingerprint density at radius 1 is 1.29 bits per heavy atom. The molecule has 1 aromatic carbocycles. The van der Waals surface area contributed by atoms with Crippen molar-refractivity contribution in [1.29, 1.82) is 0 Å². The summed E-state index contributed by atoms with van der Waals surface area (Å²) >= 11 is 0. The lowest BCUT2D eigenvalue weighted by Crippen LogP contribution is -2.40. The molecule has 17 heavy (non-hydrogen) atoms. The summed E-state index contributed by atoms with van der Waals surface area (Å²) in [4.78, 5) is 17.7. The molecule has 0 bridgehead atoms. The summed E-state index contributed by atoms with van der Waals surface area (Å²) in [6.45, 7) is 3.10. The number of amides is 1. The van der Waals surface area contributed by atoms with Crippen molar-refractivity contribution in [2.75, 3.05) is 13.1 Å². The lowest BCUT2D eigenvalue weighted by atomic mass is 10.1. The number of likely N-dealkylation sites (tertiary alicyclic amines) is 1. The van der Waals surface area contributed by atoms with Gasteiger partial charge in [-0.15, -0.1) is 0 Å². The van der Waals surface area contributed by atoms with Crippen LogP contribution >= 0.6 is 0 Å². The summed E-state index contributed by atoms with van der Waals surface area (Å²) in [5.74, 6) is 0.0160. The summed E-state index contributed by atoms with van der Waals surface area (Å²) in [6.07, 6.45) is 0.777. The van der Waals surface area contributed by atoms with E-state index in [-0.39, 0.29) is 12.0 Å². The van der Waals surface area contributed by atoms with Crippen LogP contribution in [0.3, 0.4) is 0 Å². The predicted molar refractivity (Wildman–Crippen MR) is 62.3 cm³/mol. The topological polar surface area (TPSA) is 29.5 Å². The number of benzene rings is 1. The molecule has 0 N–H and O–H groups in total. The largest absolute Gasteiger partial charge is 0.338 e. The predicted octanol–water partition coefficient (Wildman–Crippen LogP) is 2.50. The molecule has 3 nitrogen and oxygen atoms in total.